The first-order chi connectivity index (χ1) is 8.78. The molecule has 18 heavy (non-hydrogen) atoms. The molecule has 1 saturated heterocycles. The van der Waals surface area contributed by atoms with Gasteiger partial charge in [-0.3, -0.25) is 4.90 Å². The van der Waals surface area contributed by atoms with Crippen LogP contribution in [0.15, 0.2) is 6.07 Å². The summed E-state index contributed by atoms with van der Waals surface area (Å²) in [5.74, 6) is 1.48. The predicted octanol–water partition coefficient (Wildman–Crippen LogP) is 0.680. The van der Waals surface area contributed by atoms with Gasteiger partial charge in [0, 0.05) is 19.7 Å². The average molecular weight is 252 g/mol. The first kappa shape index (κ1) is 13.0. The van der Waals surface area contributed by atoms with E-state index in [0.717, 1.165) is 6.54 Å². The molecule has 100 valence electrons. The highest BCUT2D eigenvalue weighted by atomic mass is 16.5. The quantitative estimate of drug-likeness (QED) is 0.802. The molecule has 0 spiro atoms. The zero-order chi connectivity index (χ0) is 12.8. The summed E-state index contributed by atoms with van der Waals surface area (Å²) in [6, 6.07) is 1.64. The fourth-order valence-electron chi connectivity index (χ4n) is 2.05. The molecule has 1 aliphatic rings. The standard InChI is InChI=1S/C12H20N4O2/c1-17-9-11-14-10(13)8-12(15-11)18-7-6-16-4-2-3-5-16/h8H,2-7,9H2,1H3,(H2,13,14,15). The maximum atomic E-state index is 5.69. The van der Waals surface area contributed by atoms with Crippen molar-refractivity contribution in [2.45, 2.75) is 19.4 Å². The van der Waals surface area contributed by atoms with Crippen LogP contribution in [0.25, 0.3) is 0 Å². The highest BCUT2D eigenvalue weighted by Crippen LogP contribution is 2.12. The van der Waals surface area contributed by atoms with Gasteiger partial charge in [-0.05, 0) is 25.9 Å². The minimum Gasteiger partial charge on any atom is -0.476 e. The van der Waals surface area contributed by atoms with Gasteiger partial charge in [-0.25, -0.2) is 4.98 Å². The molecule has 0 bridgehead atoms. The van der Waals surface area contributed by atoms with Gasteiger partial charge in [0.25, 0.3) is 0 Å². The lowest BCUT2D eigenvalue weighted by Crippen LogP contribution is -2.25. The van der Waals surface area contributed by atoms with Crippen LogP contribution < -0.4 is 10.5 Å². The van der Waals surface area contributed by atoms with E-state index >= 15 is 0 Å². The van der Waals surface area contributed by atoms with E-state index in [1.165, 1.54) is 25.9 Å². The van der Waals surface area contributed by atoms with Gasteiger partial charge >= 0.3 is 0 Å². The van der Waals surface area contributed by atoms with Crippen LogP contribution in [0.4, 0.5) is 5.82 Å². The topological polar surface area (TPSA) is 73.5 Å². The zero-order valence-electron chi connectivity index (χ0n) is 10.8. The van der Waals surface area contributed by atoms with Crippen molar-refractivity contribution < 1.29 is 9.47 Å². The Kier molecular flexibility index (Phi) is 4.72. The lowest BCUT2D eigenvalue weighted by molar-refractivity contribution is 0.175. The molecule has 0 aromatic carbocycles. The summed E-state index contributed by atoms with van der Waals surface area (Å²) < 4.78 is 10.6. The number of hydrogen-bond donors (Lipinski definition) is 1. The number of aromatic nitrogens is 2. The van der Waals surface area contributed by atoms with Gasteiger partial charge in [-0.2, -0.15) is 4.98 Å². The van der Waals surface area contributed by atoms with Crippen LogP contribution in [-0.4, -0.2) is 48.2 Å². The maximum Gasteiger partial charge on any atom is 0.218 e. The lowest BCUT2D eigenvalue weighted by Gasteiger charge is -2.14. The fourth-order valence-corrected chi connectivity index (χ4v) is 2.05. The van der Waals surface area contributed by atoms with Crippen LogP contribution in [-0.2, 0) is 11.3 Å². The van der Waals surface area contributed by atoms with Crippen LogP contribution in [0.5, 0.6) is 5.88 Å². The molecule has 0 radical (unpaired) electrons. The van der Waals surface area contributed by atoms with Crippen molar-refractivity contribution in [1.29, 1.82) is 0 Å². The summed E-state index contributed by atoms with van der Waals surface area (Å²) >= 11 is 0. The lowest BCUT2D eigenvalue weighted by atomic mass is 10.4. The van der Waals surface area contributed by atoms with Crippen LogP contribution in [0.3, 0.4) is 0 Å². The minimum absolute atomic E-state index is 0.341. The number of nitrogen functional groups attached to an aromatic ring is 1. The average Bonchev–Trinajstić information content (AvgIpc) is 2.82. The summed E-state index contributed by atoms with van der Waals surface area (Å²) in [5, 5.41) is 0. The summed E-state index contributed by atoms with van der Waals surface area (Å²) in [5.41, 5.74) is 5.69. The number of likely N-dealkylation sites (tertiary alicyclic amines) is 1. The van der Waals surface area contributed by atoms with E-state index in [1.54, 1.807) is 13.2 Å². The Morgan fingerprint density at radius 1 is 1.33 bits per heavy atom. The van der Waals surface area contributed by atoms with Gasteiger partial charge in [0.2, 0.25) is 5.88 Å². The molecule has 0 aliphatic carbocycles. The highest BCUT2D eigenvalue weighted by molar-refractivity contribution is 5.32. The van der Waals surface area contributed by atoms with Gasteiger partial charge in [-0.1, -0.05) is 0 Å². The Morgan fingerprint density at radius 3 is 2.83 bits per heavy atom. The molecule has 2 heterocycles. The fraction of sp³-hybridized carbons (Fsp3) is 0.667. The SMILES string of the molecule is COCc1nc(N)cc(OCCN2CCCC2)n1. The van der Waals surface area contributed by atoms with E-state index < -0.39 is 0 Å². The molecule has 0 saturated carbocycles. The Bertz CT molecular complexity index is 380. The number of rotatable bonds is 6. The van der Waals surface area contributed by atoms with E-state index in [4.69, 9.17) is 15.2 Å². The molecule has 1 aliphatic heterocycles. The minimum atomic E-state index is 0.341. The van der Waals surface area contributed by atoms with Crippen LogP contribution >= 0.6 is 0 Å². The highest BCUT2D eigenvalue weighted by Gasteiger charge is 2.11. The van der Waals surface area contributed by atoms with Gasteiger partial charge < -0.3 is 15.2 Å². The molecule has 0 atom stereocenters. The van der Waals surface area contributed by atoms with Gasteiger partial charge in [0.05, 0.1) is 0 Å². The van der Waals surface area contributed by atoms with Crippen molar-refractivity contribution in [3.63, 3.8) is 0 Å². The summed E-state index contributed by atoms with van der Waals surface area (Å²) in [4.78, 5) is 10.7. The van der Waals surface area contributed by atoms with Gasteiger partial charge in [0.15, 0.2) is 5.82 Å². The van der Waals surface area contributed by atoms with E-state index in [2.05, 4.69) is 14.9 Å². The molecule has 2 rings (SSSR count). The molecule has 2 N–H and O–H groups in total. The Balaban J connectivity index is 1.83. The van der Waals surface area contributed by atoms with Crippen molar-refractivity contribution in [2.75, 3.05) is 39.1 Å². The maximum absolute atomic E-state index is 5.69. The zero-order valence-corrected chi connectivity index (χ0v) is 10.8. The molecule has 1 aromatic rings. The molecule has 0 amide bonds. The normalized spacial score (nSPS) is 16.1. The first-order valence-electron chi connectivity index (χ1n) is 6.25. The van der Waals surface area contributed by atoms with Crippen LogP contribution in [0.1, 0.15) is 18.7 Å². The number of methoxy groups -OCH3 is 1. The molecule has 1 fully saturated rings. The largest absolute Gasteiger partial charge is 0.476 e. The van der Waals surface area contributed by atoms with Crippen LogP contribution in [0, 0.1) is 0 Å². The monoisotopic (exact) mass is 252 g/mol. The molecular formula is C12H20N4O2. The second kappa shape index (κ2) is 6.51. The second-order valence-electron chi connectivity index (χ2n) is 4.38. The molecule has 1 aromatic heterocycles. The third-order valence-corrected chi connectivity index (χ3v) is 2.90. The van der Waals surface area contributed by atoms with E-state index in [9.17, 15) is 0 Å². The third kappa shape index (κ3) is 3.82. The van der Waals surface area contributed by atoms with Gasteiger partial charge in [0.1, 0.15) is 19.0 Å². The number of nitrogens with two attached hydrogens (primary N) is 1. The molecular weight excluding hydrogens is 232 g/mol. The van der Waals surface area contributed by atoms with Crippen molar-refractivity contribution in [2.24, 2.45) is 0 Å². The van der Waals surface area contributed by atoms with E-state index in [0.29, 0.717) is 30.7 Å². The first-order valence-corrected chi connectivity index (χ1v) is 6.25. The molecule has 0 unspecified atom stereocenters. The van der Waals surface area contributed by atoms with Crippen molar-refractivity contribution in [3.05, 3.63) is 11.9 Å². The third-order valence-electron chi connectivity index (χ3n) is 2.90. The van der Waals surface area contributed by atoms with Crippen LogP contribution in [0.2, 0.25) is 0 Å². The van der Waals surface area contributed by atoms with Crippen molar-refractivity contribution in [1.82, 2.24) is 14.9 Å². The smallest absolute Gasteiger partial charge is 0.218 e. The van der Waals surface area contributed by atoms with E-state index in [1.807, 2.05) is 0 Å². The summed E-state index contributed by atoms with van der Waals surface area (Å²) in [6.45, 7) is 4.24. The Morgan fingerprint density at radius 2 is 2.11 bits per heavy atom. The molecule has 6 nitrogen and oxygen atoms in total. The second-order valence-corrected chi connectivity index (χ2v) is 4.38. The Hall–Kier alpha value is -1.40. The summed E-state index contributed by atoms with van der Waals surface area (Å²) in [7, 11) is 1.60. The molecule has 6 heteroatoms. The summed E-state index contributed by atoms with van der Waals surface area (Å²) in [6.07, 6.45) is 2.58. The van der Waals surface area contributed by atoms with Gasteiger partial charge in [-0.15, -0.1) is 0 Å². The number of ether oxygens (including phenoxy) is 2. The number of nitrogens with zero attached hydrogens (tertiary/aromatic N) is 3. The van der Waals surface area contributed by atoms with E-state index in [-0.39, 0.29) is 0 Å². The van der Waals surface area contributed by atoms with Crippen molar-refractivity contribution >= 4 is 5.82 Å². The Labute approximate surface area is 107 Å². The number of hydrogen-bond acceptors (Lipinski definition) is 6. The number of anilines is 1. The van der Waals surface area contributed by atoms with Crippen molar-refractivity contribution in [3.8, 4) is 5.88 Å². The predicted molar refractivity (Wildman–Crippen MR) is 68.3 cm³/mol.